The molecule has 0 unspecified atom stereocenters. The normalized spacial score (nSPS) is 11.1. The number of carbonyl (C=O) groups excluding carboxylic acids is 3. The van der Waals surface area contributed by atoms with E-state index in [0.29, 0.717) is 16.3 Å². The molecule has 172 valence electrons. The molecule has 0 aliphatic heterocycles. The molecule has 2 heterocycles. The highest BCUT2D eigenvalue weighted by atomic mass is 35.5. The van der Waals surface area contributed by atoms with Gasteiger partial charge in [0.15, 0.2) is 11.5 Å². The number of pyridine rings is 1. The zero-order valence-electron chi connectivity index (χ0n) is 16.5. The topological polar surface area (TPSA) is 118 Å². The van der Waals surface area contributed by atoms with Gasteiger partial charge in [-0.1, -0.05) is 23.2 Å². The van der Waals surface area contributed by atoms with Crippen LogP contribution in [0.4, 0.5) is 18.9 Å². The van der Waals surface area contributed by atoms with E-state index in [9.17, 15) is 27.6 Å². The third-order valence-corrected chi connectivity index (χ3v) is 4.71. The number of hydrazine groups is 1. The molecule has 3 aromatic rings. The van der Waals surface area contributed by atoms with E-state index in [1.54, 1.807) is 0 Å². The number of halogens is 5. The Morgan fingerprint density at radius 3 is 2.52 bits per heavy atom. The number of aryl methyl sites for hydroxylation is 1. The van der Waals surface area contributed by atoms with E-state index >= 15 is 0 Å². The van der Waals surface area contributed by atoms with Crippen LogP contribution < -0.4 is 16.2 Å². The van der Waals surface area contributed by atoms with Crippen molar-refractivity contribution in [3.8, 4) is 5.82 Å². The van der Waals surface area contributed by atoms with Gasteiger partial charge in [-0.25, -0.2) is 9.67 Å². The van der Waals surface area contributed by atoms with Gasteiger partial charge in [-0.05, 0) is 36.8 Å². The molecule has 2 aromatic heterocycles. The molecule has 3 rings (SSSR count). The Morgan fingerprint density at radius 2 is 1.88 bits per heavy atom. The predicted molar refractivity (Wildman–Crippen MR) is 112 cm³/mol. The third kappa shape index (κ3) is 5.23. The molecule has 33 heavy (non-hydrogen) atoms. The predicted octanol–water partition coefficient (Wildman–Crippen LogP) is 3.54. The summed E-state index contributed by atoms with van der Waals surface area (Å²) in [5.41, 5.74) is 2.24. The molecule has 0 spiro atoms. The fraction of sp³-hybridized carbons (Fsp3) is 0.105. The first-order chi connectivity index (χ1) is 15.5. The van der Waals surface area contributed by atoms with E-state index in [1.165, 1.54) is 37.4 Å². The van der Waals surface area contributed by atoms with Gasteiger partial charge in [-0.15, -0.1) is 0 Å². The third-order valence-electron chi connectivity index (χ3n) is 4.20. The van der Waals surface area contributed by atoms with Gasteiger partial charge in [-0.3, -0.25) is 25.2 Å². The maximum absolute atomic E-state index is 13.3. The lowest BCUT2D eigenvalue weighted by Gasteiger charge is -2.15. The van der Waals surface area contributed by atoms with E-state index in [1.807, 2.05) is 5.43 Å². The molecule has 3 amide bonds. The Kier molecular flexibility index (Phi) is 6.89. The van der Waals surface area contributed by atoms with Crippen molar-refractivity contribution in [2.45, 2.75) is 13.1 Å². The van der Waals surface area contributed by atoms with Crippen LogP contribution in [-0.4, -0.2) is 33.0 Å². The molecule has 0 aliphatic rings. The number of alkyl halides is 3. The van der Waals surface area contributed by atoms with Crippen LogP contribution in [0, 0.1) is 6.92 Å². The molecular formula is C19H13Cl2F3N6O3. The van der Waals surface area contributed by atoms with Crippen LogP contribution in [0.5, 0.6) is 0 Å². The van der Waals surface area contributed by atoms with Crippen LogP contribution >= 0.6 is 23.2 Å². The van der Waals surface area contributed by atoms with Gasteiger partial charge >= 0.3 is 6.18 Å². The van der Waals surface area contributed by atoms with Gasteiger partial charge in [0.25, 0.3) is 11.8 Å². The number of nitrogens with one attached hydrogen (secondary N) is 3. The maximum Gasteiger partial charge on any atom is 0.435 e. The number of hydrogen-bond donors (Lipinski definition) is 3. The average molecular weight is 501 g/mol. The molecule has 0 radical (unpaired) electrons. The van der Waals surface area contributed by atoms with Crippen LogP contribution in [0.15, 0.2) is 36.5 Å². The van der Waals surface area contributed by atoms with Gasteiger partial charge in [0.2, 0.25) is 6.41 Å². The van der Waals surface area contributed by atoms with Crippen molar-refractivity contribution in [2.24, 2.45) is 0 Å². The van der Waals surface area contributed by atoms with Crippen molar-refractivity contribution in [3.05, 3.63) is 69.1 Å². The Hall–Kier alpha value is -3.64. The minimum Gasteiger partial charge on any atom is -0.320 e. The van der Waals surface area contributed by atoms with Gasteiger partial charge in [0.05, 0.1) is 16.3 Å². The molecule has 0 saturated heterocycles. The summed E-state index contributed by atoms with van der Waals surface area (Å²) in [5.74, 6) is -2.08. The Bertz CT molecular complexity index is 1250. The molecule has 0 bridgehead atoms. The van der Waals surface area contributed by atoms with Crippen LogP contribution in [0.1, 0.15) is 32.1 Å². The second-order valence-corrected chi connectivity index (χ2v) is 7.29. The largest absolute Gasteiger partial charge is 0.435 e. The number of nitrogens with zero attached hydrogens (tertiary/aromatic N) is 3. The fourth-order valence-corrected chi connectivity index (χ4v) is 3.28. The Morgan fingerprint density at radius 1 is 1.15 bits per heavy atom. The van der Waals surface area contributed by atoms with E-state index in [0.717, 1.165) is 0 Å². The summed E-state index contributed by atoms with van der Waals surface area (Å²) in [6, 6.07) is 5.98. The summed E-state index contributed by atoms with van der Waals surface area (Å²) in [5, 5.41) is 5.94. The van der Waals surface area contributed by atoms with Gasteiger partial charge < -0.3 is 5.32 Å². The molecular weight excluding hydrogens is 488 g/mol. The van der Waals surface area contributed by atoms with E-state index < -0.39 is 29.4 Å². The monoisotopic (exact) mass is 500 g/mol. The summed E-state index contributed by atoms with van der Waals surface area (Å²) >= 11 is 12.0. The minimum atomic E-state index is -4.86. The smallest absolute Gasteiger partial charge is 0.320 e. The number of rotatable bonds is 6. The molecule has 0 saturated carbocycles. The highest BCUT2D eigenvalue weighted by Crippen LogP contribution is 2.31. The van der Waals surface area contributed by atoms with Gasteiger partial charge in [0.1, 0.15) is 5.69 Å². The summed E-state index contributed by atoms with van der Waals surface area (Å²) in [7, 11) is 0. The van der Waals surface area contributed by atoms with E-state index in [-0.39, 0.29) is 33.5 Å². The number of aromatic nitrogens is 3. The Balaban J connectivity index is 2.09. The quantitative estimate of drug-likeness (QED) is 0.353. The number of benzene rings is 1. The highest BCUT2D eigenvalue weighted by Gasteiger charge is 2.36. The zero-order chi connectivity index (χ0) is 24.3. The van der Waals surface area contributed by atoms with Crippen LogP contribution in [-0.2, 0) is 11.0 Å². The maximum atomic E-state index is 13.3. The number of hydrogen-bond acceptors (Lipinski definition) is 5. The van der Waals surface area contributed by atoms with Crippen molar-refractivity contribution in [2.75, 3.05) is 5.32 Å². The number of amides is 3. The lowest BCUT2D eigenvalue weighted by atomic mass is 10.1. The zero-order valence-corrected chi connectivity index (χ0v) is 18.0. The molecule has 3 N–H and O–H groups in total. The summed E-state index contributed by atoms with van der Waals surface area (Å²) in [4.78, 5) is 39.8. The molecule has 0 aliphatic carbocycles. The van der Waals surface area contributed by atoms with Gasteiger partial charge in [0, 0.05) is 17.3 Å². The molecule has 14 heteroatoms. The van der Waals surface area contributed by atoms with Crippen molar-refractivity contribution >= 4 is 47.1 Å². The molecule has 0 atom stereocenters. The van der Waals surface area contributed by atoms with Gasteiger partial charge in [-0.2, -0.15) is 18.3 Å². The molecule has 9 nitrogen and oxygen atoms in total. The average Bonchev–Trinajstić information content (AvgIpc) is 3.20. The SMILES string of the molecule is Cc1cc(Cl)cc(C(=O)NNC=O)c1NC(=O)c1cc(C(F)(F)F)nn1-c1ncccc1Cl. The lowest BCUT2D eigenvalue weighted by molar-refractivity contribution is -0.141. The van der Waals surface area contributed by atoms with Crippen molar-refractivity contribution in [1.29, 1.82) is 0 Å². The van der Waals surface area contributed by atoms with Crippen molar-refractivity contribution in [3.63, 3.8) is 0 Å². The first-order valence-electron chi connectivity index (χ1n) is 8.92. The highest BCUT2D eigenvalue weighted by molar-refractivity contribution is 6.32. The lowest BCUT2D eigenvalue weighted by Crippen LogP contribution is -2.36. The van der Waals surface area contributed by atoms with Crippen LogP contribution in [0.3, 0.4) is 0 Å². The minimum absolute atomic E-state index is 0.0500. The van der Waals surface area contributed by atoms with Crippen molar-refractivity contribution in [1.82, 2.24) is 25.6 Å². The summed E-state index contributed by atoms with van der Waals surface area (Å²) in [6.07, 6.45) is -3.38. The van der Waals surface area contributed by atoms with E-state index in [4.69, 9.17) is 23.2 Å². The first kappa shape index (κ1) is 24.0. The number of carbonyl (C=O) groups is 3. The molecule has 0 fully saturated rings. The first-order valence-corrected chi connectivity index (χ1v) is 9.67. The summed E-state index contributed by atoms with van der Waals surface area (Å²) in [6.45, 7) is 1.51. The van der Waals surface area contributed by atoms with E-state index in [2.05, 4.69) is 20.8 Å². The number of anilines is 1. The fourth-order valence-electron chi connectivity index (χ4n) is 2.80. The standard InChI is InChI=1S/C19H13Cl2F3N6O3/c1-9-5-10(20)6-11(17(32)28-26-8-31)15(9)27-18(33)13-7-14(19(22,23)24)29-30(13)16-12(21)3-2-4-25-16/h2-8H,1H3,(H,26,31)(H,27,33)(H,28,32). The summed E-state index contributed by atoms with van der Waals surface area (Å²) < 4.78 is 40.6. The molecule has 1 aromatic carbocycles. The second kappa shape index (κ2) is 9.46. The van der Waals surface area contributed by atoms with Crippen molar-refractivity contribution < 1.29 is 27.6 Å². The second-order valence-electron chi connectivity index (χ2n) is 6.45. The van der Waals surface area contributed by atoms with Crippen LogP contribution in [0.2, 0.25) is 10.0 Å². The Labute approximate surface area is 193 Å². The van der Waals surface area contributed by atoms with Crippen LogP contribution in [0.25, 0.3) is 5.82 Å².